The average Bonchev–Trinajstić information content (AvgIpc) is 3.46. The molecule has 5 rings (SSSR count). The second-order valence-corrected chi connectivity index (χ2v) is 11.0. The quantitative estimate of drug-likeness (QED) is 0.174. The molecule has 2 heterocycles. The number of carbonyl (C=O) groups is 2. The van der Waals surface area contributed by atoms with Crippen LogP contribution in [-0.4, -0.2) is 29.8 Å². The Morgan fingerprint density at radius 3 is 2.52 bits per heavy atom. The van der Waals surface area contributed by atoms with Crippen molar-refractivity contribution in [2.45, 2.75) is 46.5 Å². The number of aromatic nitrogens is 1. The summed E-state index contributed by atoms with van der Waals surface area (Å²) in [4.78, 5) is 27.4. The maximum atomic E-state index is 13.7. The first-order valence-electron chi connectivity index (χ1n) is 13.3. The van der Waals surface area contributed by atoms with E-state index in [0.29, 0.717) is 11.4 Å². The van der Waals surface area contributed by atoms with Crippen molar-refractivity contribution < 1.29 is 14.3 Å². The van der Waals surface area contributed by atoms with Crippen molar-refractivity contribution in [1.29, 1.82) is 0 Å². The third-order valence-corrected chi connectivity index (χ3v) is 8.36. The second-order valence-electron chi connectivity index (χ2n) is 9.90. The van der Waals surface area contributed by atoms with Crippen LogP contribution in [0.3, 0.4) is 0 Å². The lowest BCUT2D eigenvalue weighted by Crippen LogP contribution is -2.24. The molecule has 0 atom stereocenters. The van der Waals surface area contributed by atoms with E-state index in [-0.39, 0.29) is 5.91 Å². The molecule has 0 bridgehead atoms. The van der Waals surface area contributed by atoms with Crippen molar-refractivity contribution in [3.63, 3.8) is 0 Å². The standard InChI is InChI=1S/C31H33N5O3S/c1-19-13-15-23(16-14-19)33-29(37)28-24-9-5-8-12-27(24)40-30(28)36-20(2)17-22(21(36)3)18-32-35-31(38)34-25-10-6-7-11-26(25)39-4/h6-7,10-11,13-18H,5,8-9,12H2,1-4H3,(H,33,37)(H2,34,35,38)/b32-18+. The molecular formula is C31H33N5O3S. The minimum absolute atomic E-state index is 0.0874. The van der Waals surface area contributed by atoms with Crippen LogP contribution in [0.15, 0.2) is 59.7 Å². The number of aryl methyl sites for hydroxylation is 3. The van der Waals surface area contributed by atoms with E-state index in [4.69, 9.17) is 4.74 Å². The average molecular weight is 556 g/mol. The number of methoxy groups -OCH3 is 1. The van der Waals surface area contributed by atoms with Gasteiger partial charge in [0.15, 0.2) is 0 Å². The number of hydrogen-bond donors (Lipinski definition) is 3. The van der Waals surface area contributed by atoms with Crippen molar-refractivity contribution in [1.82, 2.24) is 9.99 Å². The fourth-order valence-electron chi connectivity index (χ4n) is 5.06. The van der Waals surface area contributed by atoms with Gasteiger partial charge >= 0.3 is 6.03 Å². The summed E-state index contributed by atoms with van der Waals surface area (Å²) in [5.41, 5.74) is 9.69. The molecule has 0 aliphatic heterocycles. The van der Waals surface area contributed by atoms with Crippen LogP contribution in [0.1, 0.15) is 56.2 Å². The van der Waals surface area contributed by atoms with Crippen LogP contribution < -0.4 is 20.8 Å². The number of ether oxygens (including phenoxy) is 1. The van der Waals surface area contributed by atoms with Gasteiger partial charge in [0, 0.05) is 27.5 Å². The predicted molar refractivity (Wildman–Crippen MR) is 162 cm³/mol. The molecule has 4 aromatic rings. The maximum absolute atomic E-state index is 13.7. The summed E-state index contributed by atoms with van der Waals surface area (Å²) in [5.74, 6) is 0.474. The number of fused-ring (bicyclic) bond motifs is 1. The van der Waals surface area contributed by atoms with Gasteiger partial charge in [-0.25, -0.2) is 10.2 Å². The molecule has 0 fully saturated rings. The van der Waals surface area contributed by atoms with Gasteiger partial charge < -0.3 is 19.9 Å². The van der Waals surface area contributed by atoms with Gasteiger partial charge in [0.25, 0.3) is 5.91 Å². The van der Waals surface area contributed by atoms with Crippen molar-refractivity contribution >= 4 is 40.9 Å². The first-order chi connectivity index (χ1) is 19.4. The number of para-hydroxylation sites is 2. The van der Waals surface area contributed by atoms with E-state index >= 15 is 0 Å². The molecule has 0 saturated heterocycles. The molecule has 3 N–H and O–H groups in total. The van der Waals surface area contributed by atoms with Crippen LogP contribution in [0.5, 0.6) is 5.75 Å². The smallest absolute Gasteiger partial charge is 0.339 e. The Morgan fingerprint density at radius 2 is 1.75 bits per heavy atom. The van der Waals surface area contributed by atoms with E-state index in [1.165, 1.54) is 4.88 Å². The Balaban J connectivity index is 1.40. The summed E-state index contributed by atoms with van der Waals surface area (Å²) in [6.45, 7) is 6.05. The lowest BCUT2D eigenvalue weighted by molar-refractivity contribution is 0.102. The van der Waals surface area contributed by atoms with Crippen molar-refractivity contribution in [2.75, 3.05) is 17.7 Å². The van der Waals surface area contributed by atoms with E-state index < -0.39 is 6.03 Å². The predicted octanol–water partition coefficient (Wildman–Crippen LogP) is 6.76. The van der Waals surface area contributed by atoms with Crippen LogP contribution in [0.2, 0.25) is 0 Å². The lowest BCUT2D eigenvalue weighted by atomic mass is 9.95. The maximum Gasteiger partial charge on any atom is 0.339 e. The molecule has 9 heteroatoms. The monoisotopic (exact) mass is 555 g/mol. The van der Waals surface area contributed by atoms with E-state index in [0.717, 1.165) is 70.0 Å². The number of nitrogens with one attached hydrogen (secondary N) is 3. The number of hydrogen-bond acceptors (Lipinski definition) is 5. The minimum atomic E-state index is -0.476. The number of thiophene rings is 1. The van der Waals surface area contributed by atoms with E-state index in [1.54, 1.807) is 36.8 Å². The first kappa shape index (κ1) is 27.2. The zero-order valence-electron chi connectivity index (χ0n) is 23.1. The largest absolute Gasteiger partial charge is 0.495 e. The topological polar surface area (TPSA) is 96.8 Å². The molecule has 0 radical (unpaired) electrons. The third-order valence-electron chi connectivity index (χ3n) is 7.09. The first-order valence-corrected chi connectivity index (χ1v) is 14.1. The van der Waals surface area contributed by atoms with Crippen molar-refractivity contribution in [2.24, 2.45) is 5.10 Å². The number of amides is 3. The van der Waals surface area contributed by atoms with E-state index in [9.17, 15) is 9.59 Å². The summed E-state index contributed by atoms with van der Waals surface area (Å²) in [7, 11) is 1.55. The number of rotatable bonds is 7. The molecule has 8 nitrogen and oxygen atoms in total. The summed E-state index contributed by atoms with van der Waals surface area (Å²) >= 11 is 1.70. The minimum Gasteiger partial charge on any atom is -0.495 e. The highest BCUT2D eigenvalue weighted by Gasteiger charge is 2.28. The Morgan fingerprint density at radius 1 is 1.00 bits per heavy atom. The molecule has 206 valence electrons. The summed E-state index contributed by atoms with van der Waals surface area (Å²) in [6.07, 6.45) is 5.74. The molecule has 2 aromatic heterocycles. The number of benzene rings is 2. The van der Waals surface area contributed by atoms with Gasteiger partial charge in [0.05, 0.1) is 24.6 Å². The number of anilines is 2. The van der Waals surface area contributed by atoms with Crippen molar-refractivity contribution in [3.8, 4) is 10.8 Å². The van der Waals surface area contributed by atoms with Crippen LogP contribution in [0, 0.1) is 20.8 Å². The Bertz CT molecular complexity index is 1580. The number of carbonyl (C=O) groups excluding carboxylic acids is 2. The number of hydrazone groups is 1. The molecule has 40 heavy (non-hydrogen) atoms. The summed E-state index contributed by atoms with van der Waals surface area (Å²) < 4.78 is 7.41. The van der Waals surface area contributed by atoms with Gasteiger partial charge in [-0.2, -0.15) is 5.10 Å². The van der Waals surface area contributed by atoms with Crippen LogP contribution in [0.4, 0.5) is 16.2 Å². The van der Waals surface area contributed by atoms with Crippen molar-refractivity contribution in [3.05, 3.63) is 93.1 Å². The third kappa shape index (κ3) is 5.65. The van der Waals surface area contributed by atoms with Crippen LogP contribution in [-0.2, 0) is 12.8 Å². The number of urea groups is 1. The zero-order chi connectivity index (χ0) is 28.2. The van der Waals surface area contributed by atoms with Gasteiger partial charge in [-0.05, 0) is 82.3 Å². The SMILES string of the molecule is COc1ccccc1NC(=O)N/N=C/c1cc(C)n(-c2sc3c(c2C(=O)Nc2ccc(C)cc2)CCCC3)c1C. The van der Waals surface area contributed by atoms with Gasteiger partial charge in [-0.15, -0.1) is 11.3 Å². The molecule has 0 saturated carbocycles. The second kappa shape index (κ2) is 11.8. The normalized spacial score (nSPS) is 12.7. The summed E-state index contributed by atoms with van der Waals surface area (Å²) in [6, 6.07) is 16.6. The highest BCUT2D eigenvalue weighted by Crippen LogP contribution is 2.39. The molecular weight excluding hydrogens is 522 g/mol. The molecule has 3 amide bonds. The molecule has 1 aliphatic rings. The van der Waals surface area contributed by atoms with Crippen LogP contribution in [0.25, 0.3) is 5.00 Å². The Hall–Kier alpha value is -4.37. The van der Waals surface area contributed by atoms with Gasteiger partial charge in [-0.1, -0.05) is 29.8 Å². The fraction of sp³-hybridized carbons (Fsp3) is 0.258. The fourth-order valence-corrected chi connectivity index (χ4v) is 6.56. The Labute approximate surface area is 238 Å². The molecule has 0 spiro atoms. The van der Waals surface area contributed by atoms with Gasteiger partial charge in [-0.3, -0.25) is 4.79 Å². The lowest BCUT2D eigenvalue weighted by Gasteiger charge is -2.14. The van der Waals surface area contributed by atoms with Crippen LogP contribution >= 0.6 is 11.3 Å². The highest BCUT2D eigenvalue weighted by molar-refractivity contribution is 7.15. The zero-order valence-corrected chi connectivity index (χ0v) is 23.9. The highest BCUT2D eigenvalue weighted by atomic mass is 32.1. The molecule has 1 aliphatic carbocycles. The van der Waals surface area contributed by atoms with Gasteiger partial charge in [0.1, 0.15) is 10.8 Å². The number of nitrogens with zero attached hydrogens (tertiary/aromatic N) is 2. The van der Waals surface area contributed by atoms with Gasteiger partial charge in [0.2, 0.25) is 0 Å². The summed E-state index contributed by atoms with van der Waals surface area (Å²) in [5, 5.41) is 11.0. The molecule has 2 aromatic carbocycles. The Kier molecular flexibility index (Phi) is 8.02. The van der Waals surface area contributed by atoms with E-state index in [1.807, 2.05) is 63.2 Å². The molecule has 0 unspecified atom stereocenters. The van der Waals surface area contributed by atoms with E-state index in [2.05, 4.69) is 25.7 Å².